The average Bonchev–Trinajstić information content (AvgIpc) is 2.65. The molecule has 3 amide bonds. The second-order valence-electron chi connectivity index (χ2n) is 5.53. The van der Waals surface area contributed by atoms with Crippen molar-refractivity contribution >= 4 is 40.9 Å². The van der Waals surface area contributed by atoms with Gasteiger partial charge in [-0.15, -0.1) is 0 Å². The van der Waals surface area contributed by atoms with Gasteiger partial charge in [0, 0.05) is 5.02 Å². The Labute approximate surface area is 170 Å². The highest BCUT2D eigenvalue weighted by atomic mass is 35.5. The molecule has 28 heavy (non-hydrogen) atoms. The fourth-order valence-corrected chi connectivity index (χ4v) is 2.49. The maximum Gasteiger partial charge on any atom is 0.279 e. The Kier molecular flexibility index (Phi) is 7.60. The number of nitrogens with one attached hydrogen (secondary N) is 3. The molecule has 1 unspecified atom stereocenters. The predicted molar refractivity (Wildman–Crippen MR) is 102 cm³/mol. The minimum Gasteiger partial charge on any atom is -0.478 e. The first-order chi connectivity index (χ1) is 13.3. The Hall–Kier alpha value is -2.84. The second-order valence-corrected chi connectivity index (χ2v) is 6.38. The predicted octanol–water partition coefficient (Wildman–Crippen LogP) is 2.48. The van der Waals surface area contributed by atoms with E-state index in [1.807, 2.05) is 0 Å². The van der Waals surface area contributed by atoms with Gasteiger partial charge in [-0.2, -0.15) is 0 Å². The molecule has 0 bridgehead atoms. The molecule has 10 heteroatoms. The average molecular weight is 428 g/mol. The molecule has 1 atom stereocenters. The second kappa shape index (κ2) is 9.91. The number of rotatable bonds is 6. The van der Waals surface area contributed by atoms with E-state index in [9.17, 15) is 18.8 Å². The van der Waals surface area contributed by atoms with Crippen molar-refractivity contribution in [3.8, 4) is 5.75 Å². The molecule has 0 fully saturated rings. The van der Waals surface area contributed by atoms with E-state index in [2.05, 4.69) is 16.2 Å². The van der Waals surface area contributed by atoms with Crippen molar-refractivity contribution in [2.45, 2.75) is 13.0 Å². The summed E-state index contributed by atoms with van der Waals surface area (Å²) in [7, 11) is 0. The molecule has 0 saturated heterocycles. The summed E-state index contributed by atoms with van der Waals surface area (Å²) in [6, 6.07) is 9.90. The van der Waals surface area contributed by atoms with Gasteiger partial charge < -0.3 is 10.1 Å². The van der Waals surface area contributed by atoms with Crippen LogP contribution in [0.4, 0.5) is 4.39 Å². The lowest BCUT2D eigenvalue weighted by Crippen LogP contribution is -2.50. The molecule has 0 heterocycles. The van der Waals surface area contributed by atoms with Gasteiger partial charge in [0.15, 0.2) is 17.7 Å². The molecule has 7 nitrogen and oxygen atoms in total. The number of amides is 3. The van der Waals surface area contributed by atoms with E-state index in [1.165, 1.54) is 43.3 Å². The van der Waals surface area contributed by atoms with Gasteiger partial charge >= 0.3 is 0 Å². The van der Waals surface area contributed by atoms with Crippen LogP contribution in [0.15, 0.2) is 42.5 Å². The van der Waals surface area contributed by atoms with Crippen LogP contribution in [0.2, 0.25) is 10.0 Å². The highest BCUT2D eigenvalue weighted by Crippen LogP contribution is 2.20. The van der Waals surface area contributed by atoms with Crippen LogP contribution in [0, 0.1) is 5.82 Å². The van der Waals surface area contributed by atoms with Gasteiger partial charge in [0.2, 0.25) is 0 Å². The van der Waals surface area contributed by atoms with Crippen molar-refractivity contribution in [2.24, 2.45) is 0 Å². The number of hydrogen-bond acceptors (Lipinski definition) is 4. The molecule has 3 N–H and O–H groups in total. The number of hydrazine groups is 1. The summed E-state index contributed by atoms with van der Waals surface area (Å²) in [4.78, 5) is 35.7. The number of carbonyl (C=O) groups excluding carboxylic acids is 3. The number of halogens is 3. The van der Waals surface area contributed by atoms with Gasteiger partial charge in [0.05, 0.1) is 17.1 Å². The van der Waals surface area contributed by atoms with Crippen molar-refractivity contribution in [3.05, 3.63) is 63.9 Å². The Morgan fingerprint density at radius 1 is 1.11 bits per heavy atom. The minimum atomic E-state index is -1.07. The molecule has 2 aromatic rings. The molecule has 148 valence electrons. The zero-order valence-electron chi connectivity index (χ0n) is 14.6. The fraction of sp³-hybridized carbons (Fsp3) is 0.167. The van der Waals surface area contributed by atoms with E-state index < -0.39 is 36.2 Å². The van der Waals surface area contributed by atoms with E-state index in [1.54, 1.807) is 6.07 Å². The lowest BCUT2D eigenvalue weighted by atomic mass is 10.2. The SMILES string of the molecule is CC(Oc1ccccc1F)C(=O)NNC(=O)CNC(=O)c1ccc(Cl)cc1Cl. The van der Waals surface area contributed by atoms with Gasteiger partial charge in [-0.3, -0.25) is 25.2 Å². The van der Waals surface area contributed by atoms with Crippen LogP contribution in [0.3, 0.4) is 0 Å². The zero-order valence-corrected chi connectivity index (χ0v) is 16.1. The fourth-order valence-electron chi connectivity index (χ4n) is 1.99. The van der Waals surface area contributed by atoms with Crippen LogP contribution in [0.1, 0.15) is 17.3 Å². The summed E-state index contributed by atoms with van der Waals surface area (Å²) < 4.78 is 18.7. The molecule has 0 aromatic heterocycles. The van der Waals surface area contributed by atoms with Crippen molar-refractivity contribution in [1.29, 1.82) is 0 Å². The molecule has 0 spiro atoms. The number of para-hydroxylation sites is 1. The van der Waals surface area contributed by atoms with Crippen LogP contribution in [-0.4, -0.2) is 30.4 Å². The monoisotopic (exact) mass is 427 g/mol. The third-order valence-electron chi connectivity index (χ3n) is 3.42. The smallest absolute Gasteiger partial charge is 0.279 e. The summed E-state index contributed by atoms with van der Waals surface area (Å²) in [5.74, 6) is -2.69. The van der Waals surface area contributed by atoms with Crippen LogP contribution >= 0.6 is 23.2 Å². The summed E-state index contributed by atoms with van der Waals surface area (Å²) in [6.45, 7) is 0.971. The van der Waals surface area contributed by atoms with Crippen LogP contribution in [0.25, 0.3) is 0 Å². The quantitative estimate of drug-likeness (QED) is 0.616. The van der Waals surface area contributed by atoms with Crippen LogP contribution in [0.5, 0.6) is 5.75 Å². The standard InChI is InChI=1S/C18H16Cl2FN3O4/c1-10(28-15-5-3-2-4-14(15)21)17(26)24-23-16(25)9-22-18(27)12-7-6-11(19)8-13(12)20/h2-8,10H,9H2,1H3,(H,22,27)(H,23,25)(H,24,26). The summed E-state index contributed by atoms with van der Waals surface area (Å²) in [5.41, 5.74) is 4.38. The third kappa shape index (κ3) is 6.11. The van der Waals surface area contributed by atoms with Crippen LogP contribution in [-0.2, 0) is 9.59 Å². The van der Waals surface area contributed by atoms with Gasteiger partial charge in [-0.25, -0.2) is 4.39 Å². The topological polar surface area (TPSA) is 96.5 Å². The van der Waals surface area contributed by atoms with Crippen molar-refractivity contribution < 1.29 is 23.5 Å². The first-order valence-corrected chi connectivity index (χ1v) is 8.76. The minimum absolute atomic E-state index is 0.0939. The summed E-state index contributed by atoms with van der Waals surface area (Å²) in [6.07, 6.45) is -1.07. The first kappa shape index (κ1) is 21.5. The van der Waals surface area contributed by atoms with E-state index in [0.29, 0.717) is 5.02 Å². The van der Waals surface area contributed by atoms with E-state index in [4.69, 9.17) is 27.9 Å². The van der Waals surface area contributed by atoms with Crippen molar-refractivity contribution in [2.75, 3.05) is 6.54 Å². The Morgan fingerprint density at radius 3 is 2.50 bits per heavy atom. The molecule has 0 aliphatic carbocycles. The molecule has 0 radical (unpaired) electrons. The molecule has 0 aliphatic heterocycles. The number of carbonyl (C=O) groups is 3. The van der Waals surface area contributed by atoms with Crippen molar-refractivity contribution in [3.63, 3.8) is 0 Å². The number of benzene rings is 2. The maximum atomic E-state index is 13.5. The van der Waals surface area contributed by atoms with E-state index in [0.717, 1.165) is 0 Å². The lowest BCUT2D eigenvalue weighted by molar-refractivity contribution is -0.132. The molecule has 0 aliphatic rings. The summed E-state index contributed by atoms with van der Waals surface area (Å²) in [5, 5.41) is 2.85. The molecular weight excluding hydrogens is 412 g/mol. The van der Waals surface area contributed by atoms with Gasteiger partial charge in [0.25, 0.3) is 17.7 Å². The first-order valence-electron chi connectivity index (χ1n) is 8.01. The van der Waals surface area contributed by atoms with Gasteiger partial charge in [-0.1, -0.05) is 35.3 Å². The zero-order chi connectivity index (χ0) is 20.7. The lowest BCUT2D eigenvalue weighted by Gasteiger charge is -2.15. The van der Waals surface area contributed by atoms with Gasteiger partial charge in [-0.05, 0) is 37.3 Å². The van der Waals surface area contributed by atoms with E-state index >= 15 is 0 Å². The van der Waals surface area contributed by atoms with Crippen molar-refractivity contribution in [1.82, 2.24) is 16.2 Å². The number of ether oxygens (including phenoxy) is 1. The van der Waals surface area contributed by atoms with Crippen LogP contribution < -0.4 is 20.9 Å². The molecule has 2 aromatic carbocycles. The van der Waals surface area contributed by atoms with Gasteiger partial charge in [0.1, 0.15) is 0 Å². The largest absolute Gasteiger partial charge is 0.478 e. The molecule has 0 saturated carbocycles. The Morgan fingerprint density at radius 2 is 1.82 bits per heavy atom. The molecular formula is C18H16Cl2FN3O4. The highest BCUT2D eigenvalue weighted by Gasteiger charge is 2.17. The normalized spacial score (nSPS) is 11.3. The third-order valence-corrected chi connectivity index (χ3v) is 3.97. The number of hydrogen-bond donors (Lipinski definition) is 3. The maximum absolute atomic E-state index is 13.5. The molecule has 2 rings (SSSR count). The van der Waals surface area contributed by atoms with E-state index in [-0.39, 0.29) is 16.3 Å². The highest BCUT2D eigenvalue weighted by molar-refractivity contribution is 6.36. The Bertz CT molecular complexity index is 895. The summed E-state index contributed by atoms with van der Waals surface area (Å²) >= 11 is 11.7. The Balaban J connectivity index is 1.77.